The fraction of sp³-hybridized carbons (Fsp3) is 0.250. The lowest BCUT2D eigenvalue weighted by molar-refractivity contribution is 0.0948. The van der Waals surface area contributed by atoms with Crippen LogP contribution in [0.25, 0.3) is 0 Å². The summed E-state index contributed by atoms with van der Waals surface area (Å²) in [5.74, 6) is -0.658. The number of hydrogen-bond donors (Lipinski definition) is 2. The molecule has 0 saturated carbocycles. The Morgan fingerprint density at radius 3 is 2.68 bits per heavy atom. The van der Waals surface area contributed by atoms with E-state index in [9.17, 15) is 9.18 Å². The van der Waals surface area contributed by atoms with Crippen LogP contribution in [-0.2, 0) is 0 Å². The summed E-state index contributed by atoms with van der Waals surface area (Å²) >= 11 is 5.72. The molecule has 0 unspecified atom stereocenters. The Bertz CT molecular complexity index is 646. The van der Waals surface area contributed by atoms with E-state index in [4.69, 9.17) is 11.6 Å². The number of amides is 1. The van der Waals surface area contributed by atoms with Gasteiger partial charge in [-0.25, -0.2) is 9.37 Å². The molecule has 2 N–H and O–H groups in total. The first-order valence-electron chi connectivity index (χ1n) is 7.06. The summed E-state index contributed by atoms with van der Waals surface area (Å²) in [6, 6.07) is 7.72. The maximum Gasteiger partial charge on any atom is 0.269 e. The summed E-state index contributed by atoms with van der Waals surface area (Å²) in [5.41, 5.74) is 1.69. The van der Waals surface area contributed by atoms with Crippen LogP contribution in [0.1, 0.15) is 30.3 Å². The van der Waals surface area contributed by atoms with Crippen LogP contribution >= 0.6 is 11.6 Å². The van der Waals surface area contributed by atoms with Gasteiger partial charge >= 0.3 is 0 Å². The predicted molar refractivity (Wildman–Crippen MR) is 86.2 cm³/mol. The highest BCUT2D eigenvalue weighted by Crippen LogP contribution is 2.22. The molecule has 1 amide bonds. The van der Waals surface area contributed by atoms with Gasteiger partial charge in [0, 0.05) is 12.2 Å². The molecule has 1 aromatic carbocycles. The monoisotopic (exact) mass is 321 g/mol. The van der Waals surface area contributed by atoms with Crippen LogP contribution in [0.2, 0.25) is 5.02 Å². The van der Waals surface area contributed by atoms with Gasteiger partial charge in [0.05, 0.1) is 16.9 Å². The van der Waals surface area contributed by atoms with Crippen molar-refractivity contribution in [3.63, 3.8) is 0 Å². The topological polar surface area (TPSA) is 54.0 Å². The SMILES string of the molecule is CCCCNC(=O)c1ccc(Nc2ccc(F)c(Cl)c2)cn1. The first kappa shape index (κ1) is 16.2. The molecule has 4 nitrogen and oxygen atoms in total. The lowest BCUT2D eigenvalue weighted by atomic mass is 10.2. The number of anilines is 2. The summed E-state index contributed by atoms with van der Waals surface area (Å²) in [6.07, 6.45) is 3.51. The van der Waals surface area contributed by atoms with Crippen molar-refractivity contribution < 1.29 is 9.18 Å². The first-order valence-corrected chi connectivity index (χ1v) is 7.44. The fourth-order valence-electron chi connectivity index (χ4n) is 1.81. The second kappa shape index (κ2) is 7.75. The van der Waals surface area contributed by atoms with E-state index in [1.165, 1.54) is 12.1 Å². The minimum absolute atomic E-state index is 0.0462. The van der Waals surface area contributed by atoms with Crippen molar-refractivity contribution in [3.05, 3.63) is 53.1 Å². The molecular weight excluding hydrogens is 305 g/mol. The fourth-order valence-corrected chi connectivity index (χ4v) is 1.99. The van der Waals surface area contributed by atoms with Gasteiger partial charge in [-0.15, -0.1) is 0 Å². The molecule has 116 valence electrons. The van der Waals surface area contributed by atoms with Gasteiger partial charge < -0.3 is 10.6 Å². The van der Waals surface area contributed by atoms with Crippen LogP contribution in [0.4, 0.5) is 15.8 Å². The van der Waals surface area contributed by atoms with Gasteiger partial charge in [0.15, 0.2) is 0 Å². The summed E-state index contributed by atoms with van der Waals surface area (Å²) in [6.45, 7) is 2.71. The standard InChI is InChI=1S/C16H17ClFN3O/c1-2-3-8-19-16(22)15-7-5-12(10-20-15)21-11-4-6-14(18)13(17)9-11/h4-7,9-10,21H,2-3,8H2,1H3,(H,19,22). The van der Waals surface area contributed by atoms with Gasteiger partial charge in [-0.1, -0.05) is 24.9 Å². The number of hydrogen-bond acceptors (Lipinski definition) is 3. The van der Waals surface area contributed by atoms with Crippen molar-refractivity contribution >= 4 is 28.9 Å². The van der Waals surface area contributed by atoms with E-state index < -0.39 is 5.82 Å². The van der Waals surface area contributed by atoms with Gasteiger partial charge in [-0.05, 0) is 36.8 Å². The van der Waals surface area contributed by atoms with E-state index >= 15 is 0 Å². The molecule has 0 bridgehead atoms. The van der Waals surface area contributed by atoms with Crippen LogP contribution in [0.15, 0.2) is 36.5 Å². The van der Waals surface area contributed by atoms with E-state index in [-0.39, 0.29) is 10.9 Å². The van der Waals surface area contributed by atoms with Gasteiger partial charge in [-0.2, -0.15) is 0 Å². The van der Waals surface area contributed by atoms with E-state index in [2.05, 4.69) is 22.5 Å². The molecule has 0 radical (unpaired) electrons. The van der Waals surface area contributed by atoms with Crippen molar-refractivity contribution in [1.82, 2.24) is 10.3 Å². The van der Waals surface area contributed by atoms with E-state index in [0.29, 0.717) is 23.6 Å². The van der Waals surface area contributed by atoms with Crippen molar-refractivity contribution in [2.24, 2.45) is 0 Å². The summed E-state index contributed by atoms with van der Waals surface area (Å²) in [5, 5.41) is 5.89. The summed E-state index contributed by atoms with van der Waals surface area (Å²) in [4.78, 5) is 15.9. The normalized spacial score (nSPS) is 10.3. The van der Waals surface area contributed by atoms with E-state index in [1.54, 1.807) is 24.4 Å². The molecule has 0 saturated heterocycles. The average Bonchev–Trinajstić information content (AvgIpc) is 2.52. The van der Waals surface area contributed by atoms with Crippen LogP contribution in [0.5, 0.6) is 0 Å². The van der Waals surface area contributed by atoms with Crippen LogP contribution in [-0.4, -0.2) is 17.4 Å². The molecule has 22 heavy (non-hydrogen) atoms. The number of halogens is 2. The summed E-state index contributed by atoms with van der Waals surface area (Å²) < 4.78 is 13.1. The van der Waals surface area contributed by atoms with Crippen LogP contribution in [0.3, 0.4) is 0 Å². The number of pyridine rings is 1. The molecular formula is C16H17ClFN3O. The maximum absolute atomic E-state index is 13.1. The molecule has 0 aliphatic carbocycles. The minimum atomic E-state index is -0.468. The molecule has 0 spiro atoms. The molecule has 0 fully saturated rings. The number of aromatic nitrogens is 1. The number of nitrogens with one attached hydrogen (secondary N) is 2. The van der Waals surface area contributed by atoms with Crippen LogP contribution < -0.4 is 10.6 Å². The highest BCUT2D eigenvalue weighted by atomic mass is 35.5. The summed E-state index contributed by atoms with van der Waals surface area (Å²) in [7, 11) is 0. The Labute approximate surface area is 133 Å². The van der Waals surface area contributed by atoms with Crippen molar-refractivity contribution in [2.45, 2.75) is 19.8 Å². The first-order chi connectivity index (χ1) is 10.6. The third-order valence-corrected chi connectivity index (χ3v) is 3.31. The van der Waals surface area contributed by atoms with E-state index in [1.807, 2.05) is 0 Å². The third kappa shape index (κ3) is 4.43. The smallest absolute Gasteiger partial charge is 0.269 e. The highest BCUT2D eigenvalue weighted by molar-refractivity contribution is 6.31. The van der Waals surface area contributed by atoms with Gasteiger partial charge in [0.1, 0.15) is 11.5 Å². The number of carbonyl (C=O) groups is 1. The quantitative estimate of drug-likeness (QED) is 0.786. The zero-order chi connectivity index (χ0) is 15.9. The van der Waals surface area contributed by atoms with Gasteiger partial charge in [0.2, 0.25) is 0 Å². The number of carbonyl (C=O) groups excluding carboxylic acids is 1. The average molecular weight is 322 g/mol. The number of benzene rings is 1. The Balaban J connectivity index is 1.99. The largest absolute Gasteiger partial charge is 0.354 e. The third-order valence-electron chi connectivity index (χ3n) is 3.02. The molecule has 0 atom stereocenters. The Morgan fingerprint density at radius 2 is 2.05 bits per heavy atom. The molecule has 1 aromatic heterocycles. The minimum Gasteiger partial charge on any atom is -0.354 e. The molecule has 0 aliphatic rings. The van der Waals surface area contributed by atoms with Crippen molar-refractivity contribution in [3.8, 4) is 0 Å². The predicted octanol–water partition coefficient (Wildman–Crippen LogP) is 4.15. The lowest BCUT2D eigenvalue weighted by Crippen LogP contribution is -2.25. The maximum atomic E-state index is 13.1. The molecule has 2 rings (SSSR count). The molecule has 6 heteroatoms. The van der Waals surface area contributed by atoms with Crippen LogP contribution in [0, 0.1) is 5.82 Å². The Morgan fingerprint density at radius 1 is 1.27 bits per heavy atom. The molecule has 0 aliphatic heterocycles. The molecule has 2 aromatic rings. The zero-order valence-corrected chi connectivity index (χ0v) is 13.0. The number of rotatable bonds is 6. The number of nitrogens with zero attached hydrogens (tertiary/aromatic N) is 1. The van der Waals surface area contributed by atoms with Crippen molar-refractivity contribution in [1.29, 1.82) is 0 Å². The molecule has 1 heterocycles. The highest BCUT2D eigenvalue weighted by Gasteiger charge is 2.06. The van der Waals surface area contributed by atoms with Gasteiger partial charge in [0.25, 0.3) is 5.91 Å². The Kier molecular flexibility index (Phi) is 5.72. The lowest BCUT2D eigenvalue weighted by Gasteiger charge is -2.08. The van der Waals surface area contributed by atoms with E-state index in [0.717, 1.165) is 12.8 Å². The second-order valence-corrected chi connectivity index (χ2v) is 5.20. The van der Waals surface area contributed by atoms with Crippen molar-refractivity contribution in [2.75, 3.05) is 11.9 Å². The second-order valence-electron chi connectivity index (χ2n) is 4.80. The number of unbranched alkanes of at least 4 members (excludes halogenated alkanes) is 1. The Hall–Kier alpha value is -2.14. The zero-order valence-electron chi connectivity index (χ0n) is 12.2. The van der Waals surface area contributed by atoms with Gasteiger partial charge in [-0.3, -0.25) is 4.79 Å².